The van der Waals surface area contributed by atoms with E-state index in [4.69, 9.17) is 27.6 Å². The number of amides is 3. The smallest absolute Gasteiger partial charge is 0.244 e. The van der Waals surface area contributed by atoms with Crippen LogP contribution in [0.5, 0.6) is 0 Å². The van der Waals surface area contributed by atoms with Crippen molar-refractivity contribution >= 4 is 40.9 Å². The summed E-state index contributed by atoms with van der Waals surface area (Å²) in [5, 5.41) is 2.85. The van der Waals surface area contributed by atoms with E-state index in [2.05, 4.69) is 5.32 Å². The van der Waals surface area contributed by atoms with E-state index in [0.717, 1.165) is 32.7 Å². The van der Waals surface area contributed by atoms with Crippen molar-refractivity contribution in [2.24, 2.45) is 11.8 Å². The first kappa shape index (κ1) is 25.1. The number of carbonyl (C=O) groups is 3. The standard InChI is InChI=1S/C32H24Cl2N2O4/c33-31-21-12-4-5-13-22(21)32(34,24-15-7-6-14-23(24)31)27-26(31)29(38)36(30(27)39)25(17-19-9-2-1-3-10-19)28(37)35-18-20-11-8-16-40-20/h1-16,25-27H,17-18H2,(H,35,37)/t25-,26-,27+,31?,32?/m0/s1. The van der Waals surface area contributed by atoms with Crippen LogP contribution in [0.25, 0.3) is 0 Å². The summed E-state index contributed by atoms with van der Waals surface area (Å²) < 4.78 is 5.36. The van der Waals surface area contributed by atoms with Crippen LogP contribution in [0.3, 0.4) is 0 Å². The largest absolute Gasteiger partial charge is 0.467 e. The minimum atomic E-state index is -1.31. The fraction of sp³-hybridized carbons (Fsp3) is 0.219. The lowest BCUT2D eigenvalue weighted by molar-refractivity contribution is -0.148. The zero-order valence-corrected chi connectivity index (χ0v) is 22.7. The summed E-state index contributed by atoms with van der Waals surface area (Å²) in [5.41, 5.74) is 3.69. The van der Waals surface area contributed by atoms with Crippen LogP contribution in [0, 0.1) is 11.8 Å². The first-order valence-corrected chi connectivity index (χ1v) is 13.9. The normalized spacial score (nSPS) is 26.7. The van der Waals surface area contributed by atoms with Gasteiger partial charge in [-0.1, -0.05) is 78.9 Å². The quantitative estimate of drug-likeness (QED) is 0.258. The van der Waals surface area contributed by atoms with Crippen molar-refractivity contribution in [3.63, 3.8) is 0 Å². The van der Waals surface area contributed by atoms with Crippen LogP contribution in [0.2, 0.25) is 0 Å². The van der Waals surface area contributed by atoms with Crippen molar-refractivity contribution in [3.05, 3.63) is 131 Å². The molecule has 0 spiro atoms. The van der Waals surface area contributed by atoms with Crippen molar-refractivity contribution in [2.45, 2.75) is 28.8 Å². The molecule has 2 heterocycles. The highest BCUT2D eigenvalue weighted by Crippen LogP contribution is 2.69. The van der Waals surface area contributed by atoms with Gasteiger partial charge in [-0.25, -0.2) is 0 Å². The summed E-state index contributed by atoms with van der Waals surface area (Å²) in [6, 6.07) is 26.7. The molecule has 8 heteroatoms. The zero-order chi connectivity index (χ0) is 27.6. The van der Waals surface area contributed by atoms with Gasteiger partial charge in [0.1, 0.15) is 21.6 Å². The molecule has 3 aliphatic carbocycles. The Hall–Kier alpha value is -3.87. The van der Waals surface area contributed by atoms with E-state index in [1.54, 1.807) is 12.1 Å². The fourth-order valence-electron chi connectivity index (χ4n) is 6.84. The van der Waals surface area contributed by atoms with E-state index in [1.165, 1.54) is 6.26 Å². The predicted octanol–water partition coefficient (Wildman–Crippen LogP) is 5.10. The SMILES string of the molecule is O=C(NCc1ccco1)[C@H](Cc1ccccc1)N1C(=O)[C@@H]2[C@H](C1=O)C1(Cl)c3ccccc3C2(Cl)c2ccccc21. The van der Waals surface area contributed by atoms with Gasteiger partial charge < -0.3 is 9.73 Å². The Morgan fingerprint density at radius 1 is 0.775 bits per heavy atom. The molecule has 1 fully saturated rings. The van der Waals surface area contributed by atoms with Crippen LogP contribution >= 0.6 is 23.2 Å². The van der Waals surface area contributed by atoms with Gasteiger partial charge in [0, 0.05) is 6.42 Å². The van der Waals surface area contributed by atoms with Crippen molar-refractivity contribution in [2.75, 3.05) is 0 Å². The third-order valence-electron chi connectivity index (χ3n) is 8.52. The van der Waals surface area contributed by atoms with Gasteiger partial charge in [0.05, 0.1) is 24.6 Å². The zero-order valence-electron chi connectivity index (χ0n) is 21.2. The Labute approximate surface area is 240 Å². The molecule has 0 radical (unpaired) electrons. The van der Waals surface area contributed by atoms with Crippen molar-refractivity contribution in [1.82, 2.24) is 10.2 Å². The molecule has 8 rings (SSSR count). The maximum atomic E-state index is 14.4. The number of halogens is 2. The molecule has 1 N–H and O–H groups in total. The second-order valence-electron chi connectivity index (χ2n) is 10.5. The molecule has 0 unspecified atom stereocenters. The second-order valence-corrected chi connectivity index (χ2v) is 11.7. The number of hydrogen-bond donors (Lipinski definition) is 1. The highest BCUT2D eigenvalue weighted by molar-refractivity contribution is 6.36. The number of furan rings is 1. The third kappa shape index (κ3) is 3.33. The van der Waals surface area contributed by atoms with Crippen molar-refractivity contribution in [3.8, 4) is 0 Å². The molecular weight excluding hydrogens is 547 g/mol. The molecule has 3 amide bonds. The number of likely N-dealkylation sites (tertiary alicyclic amines) is 1. The van der Waals surface area contributed by atoms with E-state index in [9.17, 15) is 14.4 Å². The van der Waals surface area contributed by atoms with Crippen LogP contribution in [0.15, 0.2) is 102 Å². The van der Waals surface area contributed by atoms with Gasteiger partial charge in [-0.3, -0.25) is 19.3 Å². The van der Waals surface area contributed by atoms with E-state index >= 15 is 0 Å². The average Bonchev–Trinajstić information content (AvgIpc) is 3.60. The maximum Gasteiger partial charge on any atom is 0.244 e. The number of alkyl halides is 2. The van der Waals surface area contributed by atoms with Crippen LogP contribution in [0.1, 0.15) is 33.6 Å². The minimum Gasteiger partial charge on any atom is -0.467 e. The second kappa shape index (κ2) is 9.08. The topological polar surface area (TPSA) is 79.6 Å². The lowest BCUT2D eigenvalue weighted by atomic mass is 9.54. The molecule has 1 aliphatic heterocycles. The molecule has 200 valence electrons. The maximum absolute atomic E-state index is 14.4. The highest BCUT2D eigenvalue weighted by Gasteiger charge is 2.73. The third-order valence-corrected chi connectivity index (χ3v) is 9.81. The molecule has 1 aromatic heterocycles. The monoisotopic (exact) mass is 570 g/mol. The Bertz CT molecular complexity index is 1530. The minimum absolute atomic E-state index is 0.121. The van der Waals surface area contributed by atoms with E-state index in [0.29, 0.717) is 5.76 Å². The number of carbonyl (C=O) groups excluding carboxylic acids is 3. The predicted molar refractivity (Wildman–Crippen MR) is 149 cm³/mol. The number of benzene rings is 3. The Morgan fingerprint density at radius 2 is 1.27 bits per heavy atom. The first-order chi connectivity index (χ1) is 19.4. The van der Waals surface area contributed by atoms with Crippen LogP contribution in [-0.4, -0.2) is 28.7 Å². The number of hydrogen-bond acceptors (Lipinski definition) is 4. The molecule has 0 saturated carbocycles. The van der Waals surface area contributed by atoms with E-state index < -0.39 is 45.3 Å². The van der Waals surface area contributed by atoms with Gasteiger partial charge in [-0.2, -0.15) is 0 Å². The summed E-state index contributed by atoms with van der Waals surface area (Å²) in [7, 11) is 0. The summed E-state index contributed by atoms with van der Waals surface area (Å²) in [5.74, 6) is -2.83. The van der Waals surface area contributed by atoms with Gasteiger partial charge in [0.15, 0.2) is 0 Å². The van der Waals surface area contributed by atoms with Crippen molar-refractivity contribution in [1.29, 1.82) is 0 Å². The molecule has 4 aliphatic rings. The lowest BCUT2D eigenvalue weighted by Crippen LogP contribution is -2.57. The summed E-state index contributed by atoms with van der Waals surface area (Å²) in [6.07, 6.45) is 1.66. The summed E-state index contributed by atoms with van der Waals surface area (Å²) in [6.45, 7) is 0.121. The number of nitrogens with one attached hydrogen (secondary N) is 1. The van der Waals surface area contributed by atoms with Gasteiger partial charge in [0.25, 0.3) is 0 Å². The molecular formula is C32H24Cl2N2O4. The van der Waals surface area contributed by atoms with Gasteiger partial charge in [-0.05, 0) is 39.9 Å². The molecule has 2 bridgehead atoms. The Morgan fingerprint density at radius 3 is 1.75 bits per heavy atom. The summed E-state index contributed by atoms with van der Waals surface area (Å²) >= 11 is 15.1. The van der Waals surface area contributed by atoms with Gasteiger partial charge in [-0.15, -0.1) is 23.2 Å². The summed E-state index contributed by atoms with van der Waals surface area (Å²) in [4.78, 5) is 41.1. The number of rotatable bonds is 6. The van der Waals surface area contributed by atoms with Crippen LogP contribution < -0.4 is 5.32 Å². The molecule has 6 nitrogen and oxygen atoms in total. The number of imide groups is 1. The van der Waals surface area contributed by atoms with Gasteiger partial charge >= 0.3 is 0 Å². The lowest BCUT2D eigenvalue weighted by Gasteiger charge is -2.54. The average molecular weight is 571 g/mol. The Balaban J connectivity index is 1.34. The molecule has 1 saturated heterocycles. The van der Waals surface area contributed by atoms with Crippen LogP contribution in [-0.2, 0) is 37.1 Å². The highest BCUT2D eigenvalue weighted by atomic mass is 35.5. The fourth-order valence-corrected chi connectivity index (χ4v) is 7.94. The first-order valence-electron chi connectivity index (χ1n) is 13.2. The molecule has 40 heavy (non-hydrogen) atoms. The van der Waals surface area contributed by atoms with Crippen molar-refractivity contribution < 1.29 is 18.8 Å². The molecule has 4 aromatic rings. The molecule has 3 atom stereocenters. The van der Waals surface area contributed by atoms with Gasteiger partial charge in [0.2, 0.25) is 17.7 Å². The molecule has 3 aromatic carbocycles. The van der Waals surface area contributed by atoms with E-state index in [1.807, 2.05) is 78.9 Å². The Kier molecular flexibility index (Phi) is 5.70. The van der Waals surface area contributed by atoms with E-state index in [-0.39, 0.29) is 13.0 Å². The van der Waals surface area contributed by atoms with Crippen LogP contribution in [0.4, 0.5) is 0 Å². The number of nitrogens with zero attached hydrogens (tertiary/aromatic N) is 1.